The van der Waals surface area contributed by atoms with Crippen LogP contribution >= 0.6 is 34.5 Å². The summed E-state index contributed by atoms with van der Waals surface area (Å²) in [5.74, 6) is 0. The molecule has 0 spiro atoms. The molecule has 2 nitrogen and oxygen atoms in total. The molecule has 0 atom stereocenters. The summed E-state index contributed by atoms with van der Waals surface area (Å²) in [5.41, 5.74) is 3.98. The highest BCUT2D eigenvalue weighted by molar-refractivity contribution is 7.17. The number of hydrogen-bond acceptors (Lipinski definition) is 3. The van der Waals surface area contributed by atoms with Crippen molar-refractivity contribution in [3.63, 3.8) is 0 Å². The van der Waals surface area contributed by atoms with Crippen LogP contribution in [0.2, 0.25) is 10.0 Å². The number of benzene rings is 3. The summed E-state index contributed by atoms with van der Waals surface area (Å²) >= 11 is 14.2. The number of thiophene rings is 1. The van der Waals surface area contributed by atoms with Gasteiger partial charge in [0.25, 0.3) is 0 Å². The minimum atomic E-state index is 0.207. The van der Waals surface area contributed by atoms with Crippen molar-refractivity contribution in [2.24, 2.45) is 0 Å². The highest BCUT2D eigenvalue weighted by atomic mass is 35.5. The number of rotatable bonds is 5. The molecule has 1 aliphatic rings. The lowest BCUT2D eigenvalue weighted by atomic mass is 9.96. The van der Waals surface area contributed by atoms with Gasteiger partial charge in [0.1, 0.15) is 0 Å². The Balaban J connectivity index is 1.33. The molecule has 2 heterocycles. The second kappa shape index (κ2) is 9.32. The van der Waals surface area contributed by atoms with Crippen molar-refractivity contribution in [2.45, 2.75) is 12.6 Å². The summed E-state index contributed by atoms with van der Waals surface area (Å²) in [4.78, 5) is 5.15. The van der Waals surface area contributed by atoms with Crippen LogP contribution in [0.3, 0.4) is 0 Å². The molecule has 0 saturated carbocycles. The van der Waals surface area contributed by atoms with Gasteiger partial charge >= 0.3 is 0 Å². The predicted molar refractivity (Wildman–Crippen MR) is 133 cm³/mol. The summed E-state index contributed by atoms with van der Waals surface area (Å²) in [6, 6.07) is 25.4. The van der Waals surface area contributed by atoms with Crippen LogP contribution in [0.4, 0.5) is 0 Å². The molecule has 1 fully saturated rings. The first kappa shape index (κ1) is 21.0. The Bertz CT molecular complexity index is 1100. The van der Waals surface area contributed by atoms with E-state index >= 15 is 0 Å². The van der Waals surface area contributed by atoms with Gasteiger partial charge in [-0.25, -0.2) is 0 Å². The summed E-state index contributed by atoms with van der Waals surface area (Å²) in [6.07, 6.45) is 0. The Hall–Kier alpha value is -1.88. The average Bonchev–Trinajstić information content (AvgIpc) is 3.20. The molecule has 0 unspecified atom stereocenters. The summed E-state index contributed by atoms with van der Waals surface area (Å²) in [5, 5.41) is 5.26. The van der Waals surface area contributed by atoms with E-state index in [2.05, 4.69) is 63.7 Å². The van der Waals surface area contributed by atoms with Gasteiger partial charge in [-0.15, -0.1) is 11.3 Å². The SMILES string of the molecule is Clc1ccc(C(c2ccc(Cl)cc2)N2CCN(Cc3csc4ccccc34)CC2)cc1. The third kappa shape index (κ3) is 4.67. The van der Waals surface area contributed by atoms with Crippen molar-refractivity contribution in [1.29, 1.82) is 0 Å². The van der Waals surface area contributed by atoms with Crippen molar-refractivity contribution >= 4 is 44.6 Å². The third-order valence-electron chi connectivity index (χ3n) is 6.10. The first-order chi connectivity index (χ1) is 15.2. The zero-order valence-electron chi connectivity index (χ0n) is 17.2. The molecular formula is C26H24Cl2N2S. The molecule has 3 aromatic carbocycles. The van der Waals surface area contributed by atoms with Gasteiger partial charge in [-0.3, -0.25) is 9.80 Å². The van der Waals surface area contributed by atoms with Crippen molar-refractivity contribution in [2.75, 3.05) is 26.2 Å². The molecule has 0 aliphatic carbocycles. The van der Waals surface area contributed by atoms with Crippen LogP contribution in [-0.4, -0.2) is 36.0 Å². The quantitative estimate of drug-likeness (QED) is 0.309. The minimum Gasteiger partial charge on any atom is -0.296 e. The predicted octanol–water partition coefficient (Wildman–Crippen LogP) is 7.12. The largest absolute Gasteiger partial charge is 0.296 e. The first-order valence-electron chi connectivity index (χ1n) is 10.6. The summed E-state index contributed by atoms with van der Waals surface area (Å²) in [6.45, 7) is 5.18. The molecule has 1 saturated heterocycles. The lowest BCUT2D eigenvalue weighted by Crippen LogP contribution is -2.47. The van der Waals surface area contributed by atoms with Crippen molar-refractivity contribution < 1.29 is 0 Å². The summed E-state index contributed by atoms with van der Waals surface area (Å²) in [7, 11) is 0. The van der Waals surface area contributed by atoms with Gasteiger partial charge in [-0.2, -0.15) is 0 Å². The number of piperazine rings is 1. The van der Waals surface area contributed by atoms with Crippen molar-refractivity contribution in [3.8, 4) is 0 Å². The van der Waals surface area contributed by atoms with Crippen molar-refractivity contribution in [3.05, 3.63) is 105 Å². The molecule has 5 rings (SSSR count). The molecule has 31 heavy (non-hydrogen) atoms. The maximum atomic E-state index is 6.16. The van der Waals surface area contributed by atoms with E-state index in [0.29, 0.717) is 0 Å². The van der Waals surface area contributed by atoms with E-state index in [9.17, 15) is 0 Å². The Kier molecular flexibility index (Phi) is 6.31. The molecule has 0 N–H and O–H groups in total. The normalized spacial score (nSPS) is 15.7. The average molecular weight is 467 g/mol. The van der Waals surface area contributed by atoms with Gasteiger partial charge in [0.2, 0.25) is 0 Å². The molecule has 0 bridgehead atoms. The zero-order valence-corrected chi connectivity index (χ0v) is 19.5. The molecule has 1 aromatic heterocycles. The number of fused-ring (bicyclic) bond motifs is 1. The molecule has 0 amide bonds. The molecule has 4 aromatic rings. The minimum absolute atomic E-state index is 0.207. The number of hydrogen-bond donors (Lipinski definition) is 0. The summed E-state index contributed by atoms with van der Waals surface area (Å²) < 4.78 is 1.38. The van der Waals surface area contributed by atoms with Crippen molar-refractivity contribution in [1.82, 2.24) is 9.80 Å². The van der Waals surface area contributed by atoms with Crippen LogP contribution in [-0.2, 0) is 6.54 Å². The van der Waals surface area contributed by atoms with Crippen LogP contribution in [0.15, 0.2) is 78.2 Å². The lowest BCUT2D eigenvalue weighted by Gasteiger charge is -2.39. The molecule has 158 valence electrons. The van der Waals surface area contributed by atoms with Gasteiger partial charge in [0, 0.05) is 47.5 Å². The fourth-order valence-corrected chi connectivity index (χ4v) is 5.69. The van der Waals surface area contributed by atoms with E-state index in [1.807, 2.05) is 35.6 Å². The van der Waals surface area contributed by atoms with Gasteiger partial charge in [-0.05, 0) is 57.8 Å². The van der Waals surface area contributed by atoms with E-state index in [1.165, 1.54) is 26.8 Å². The van der Waals surface area contributed by atoms with Crippen LogP contribution in [0.5, 0.6) is 0 Å². The standard InChI is InChI=1S/C26H24Cl2N2S/c27-22-9-5-19(6-10-22)26(20-7-11-23(28)12-8-20)30-15-13-29(14-16-30)17-21-18-31-25-4-2-1-3-24(21)25/h1-12,18,26H,13-17H2. The lowest BCUT2D eigenvalue weighted by molar-refractivity contribution is 0.105. The van der Waals surface area contributed by atoms with E-state index in [-0.39, 0.29) is 6.04 Å². The van der Waals surface area contributed by atoms with E-state index in [1.54, 1.807) is 0 Å². The topological polar surface area (TPSA) is 6.48 Å². The number of halogens is 2. The van der Waals surface area contributed by atoms with E-state index < -0.39 is 0 Å². The highest BCUT2D eigenvalue weighted by Crippen LogP contribution is 2.32. The van der Waals surface area contributed by atoms with E-state index in [4.69, 9.17) is 23.2 Å². The van der Waals surface area contributed by atoms with Gasteiger partial charge in [0.05, 0.1) is 6.04 Å². The Morgan fingerprint density at radius 3 is 1.94 bits per heavy atom. The molecule has 5 heteroatoms. The van der Waals surface area contributed by atoms with Crippen LogP contribution in [0.25, 0.3) is 10.1 Å². The third-order valence-corrected chi connectivity index (χ3v) is 7.61. The number of nitrogens with zero attached hydrogens (tertiary/aromatic N) is 2. The fourth-order valence-electron chi connectivity index (χ4n) is 4.48. The Morgan fingerprint density at radius 2 is 1.32 bits per heavy atom. The van der Waals surface area contributed by atoms with Gasteiger partial charge in [0.15, 0.2) is 0 Å². The first-order valence-corrected chi connectivity index (χ1v) is 12.2. The van der Waals surface area contributed by atoms with Crippen LogP contribution in [0, 0.1) is 0 Å². The second-order valence-corrected chi connectivity index (χ2v) is 9.86. The smallest absolute Gasteiger partial charge is 0.0602 e. The fraction of sp³-hybridized carbons (Fsp3) is 0.231. The maximum absolute atomic E-state index is 6.16. The molecular weight excluding hydrogens is 443 g/mol. The van der Waals surface area contributed by atoms with Gasteiger partial charge in [-0.1, -0.05) is 65.7 Å². The van der Waals surface area contributed by atoms with Crippen LogP contribution < -0.4 is 0 Å². The van der Waals surface area contributed by atoms with Gasteiger partial charge < -0.3 is 0 Å². The van der Waals surface area contributed by atoms with E-state index in [0.717, 1.165) is 42.8 Å². The Labute approximate surface area is 197 Å². The highest BCUT2D eigenvalue weighted by Gasteiger charge is 2.26. The van der Waals surface area contributed by atoms with Crippen LogP contribution in [0.1, 0.15) is 22.7 Å². The monoisotopic (exact) mass is 466 g/mol. The second-order valence-electron chi connectivity index (χ2n) is 8.07. The Morgan fingerprint density at radius 1 is 0.742 bits per heavy atom. The maximum Gasteiger partial charge on any atom is 0.0602 e. The molecule has 0 radical (unpaired) electrons. The zero-order chi connectivity index (χ0) is 21.2. The molecule has 1 aliphatic heterocycles.